The molecular weight excluding hydrogens is 314 g/mol. The lowest BCUT2D eigenvalue weighted by Gasteiger charge is -2.15. The fourth-order valence-corrected chi connectivity index (χ4v) is 2.17. The van der Waals surface area contributed by atoms with Crippen molar-refractivity contribution in [3.63, 3.8) is 0 Å². The standard InChI is InChI=1S/C13H12F6N2O/c14-8-2-1-7(9(3-8)13(17,18)19)5-20-11(22)10-4-12(15,16)6-21-10/h1-3,10,21H,4-6H2,(H,20,22). The molecule has 1 amide bonds. The van der Waals surface area contributed by atoms with Crippen LogP contribution in [0.1, 0.15) is 17.5 Å². The topological polar surface area (TPSA) is 41.1 Å². The maximum Gasteiger partial charge on any atom is 0.416 e. The van der Waals surface area contributed by atoms with Crippen molar-refractivity contribution in [2.45, 2.75) is 31.1 Å². The van der Waals surface area contributed by atoms with Crippen LogP contribution in [-0.2, 0) is 17.5 Å². The zero-order valence-corrected chi connectivity index (χ0v) is 11.1. The summed E-state index contributed by atoms with van der Waals surface area (Å²) in [5.74, 6) is -4.90. The highest BCUT2D eigenvalue weighted by atomic mass is 19.4. The third-order valence-corrected chi connectivity index (χ3v) is 3.26. The molecule has 1 aliphatic rings. The van der Waals surface area contributed by atoms with Crippen molar-refractivity contribution in [3.05, 3.63) is 35.1 Å². The quantitative estimate of drug-likeness (QED) is 0.838. The first-order chi connectivity index (χ1) is 10.1. The molecule has 0 aromatic heterocycles. The Labute approximate surface area is 121 Å². The maximum atomic E-state index is 12.9. The summed E-state index contributed by atoms with van der Waals surface area (Å²) in [6, 6.07) is 0.891. The summed E-state index contributed by atoms with van der Waals surface area (Å²) in [6.07, 6.45) is -5.49. The zero-order valence-electron chi connectivity index (χ0n) is 11.1. The summed E-state index contributed by atoms with van der Waals surface area (Å²) >= 11 is 0. The van der Waals surface area contributed by atoms with Crippen LogP contribution in [0.2, 0.25) is 0 Å². The van der Waals surface area contributed by atoms with E-state index in [1.165, 1.54) is 0 Å². The molecule has 9 heteroatoms. The van der Waals surface area contributed by atoms with Crippen molar-refractivity contribution in [1.29, 1.82) is 0 Å². The first kappa shape index (κ1) is 16.6. The molecule has 1 heterocycles. The van der Waals surface area contributed by atoms with Gasteiger partial charge in [0.25, 0.3) is 5.92 Å². The van der Waals surface area contributed by atoms with Crippen LogP contribution in [0.3, 0.4) is 0 Å². The van der Waals surface area contributed by atoms with Gasteiger partial charge in [0.15, 0.2) is 0 Å². The van der Waals surface area contributed by atoms with Crippen molar-refractivity contribution in [2.24, 2.45) is 0 Å². The molecule has 2 rings (SSSR count). The number of benzene rings is 1. The Morgan fingerprint density at radius 2 is 2.05 bits per heavy atom. The monoisotopic (exact) mass is 326 g/mol. The normalized spacial score (nSPS) is 20.9. The van der Waals surface area contributed by atoms with Crippen LogP contribution >= 0.6 is 0 Å². The lowest BCUT2D eigenvalue weighted by Crippen LogP contribution is -2.40. The third kappa shape index (κ3) is 3.90. The molecule has 0 bridgehead atoms. The second kappa shape index (κ2) is 5.79. The highest BCUT2D eigenvalue weighted by molar-refractivity contribution is 5.82. The van der Waals surface area contributed by atoms with Crippen molar-refractivity contribution in [1.82, 2.24) is 10.6 Å². The summed E-state index contributed by atoms with van der Waals surface area (Å²) in [6.45, 7) is -1.19. The van der Waals surface area contributed by atoms with Gasteiger partial charge >= 0.3 is 6.18 Å². The maximum absolute atomic E-state index is 12.9. The lowest BCUT2D eigenvalue weighted by molar-refractivity contribution is -0.138. The number of hydrogen-bond acceptors (Lipinski definition) is 2. The number of amides is 1. The SMILES string of the molecule is O=C(NCc1ccc(F)cc1C(F)(F)F)C1CC(F)(F)CN1. The van der Waals surface area contributed by atoms with Gasteiger partial charge in [0.05, 0.1) is 18.2 Å². The van der Waals surface area contributed by atoms with Gasteiger partial charge in [-0.1, -0.05) is 6.07 Å². The first-order valence-corrected chi connectivity index (χ1v) is 6.33. The van der Waals surface area contributed by atoms with Gasteiger partial charge in [0.2, 0.25) is 5.91 Å². The van der Waals surface area contributed by atoms with Crippen LogP contribution in [0.5, 0.6) is 0 Å². The van der Waals surface area contributed by atoms with Crippen LogP contribution in [-0.4, -0.2) is 24.4 Å². The van der Waals surface area contributed by atoms with Crippen molar-refractivity contribution >= 4 is 5.91 Å². The molecule has 122 valence electrons. The predicted octanol–water partition coefficient (Wildman–Crippen LogP) is 2.46. The number of halogens is 6. The fraction of sp³-hybridized carbons (Fsp3) is 0.462. The number of carbonyl (C=O) groups excluding carboxylic acids is 1. The van der Waals surface area contributed by atoms with Gasteiger partial charge in [-0.05, 0) is 17.7 Å². The molecule has 0 aliphatic carbocycles. The number of carbonyl (C=O) groups is 1. The predicted molar refractivity (Wildman–Crippen MR) is 64.6 cm³/mol. The van der Waals surface area contributed by atoms with E-state index in [-0.39, 0.29) is 5.56 Å². The van der Waals surface area contributed by atoms with E-state index in [1.807, 2.05) is 0 Å². The zero-order chi connectivity index (χ0) is 16.5. The molecule has 1 aromatic rings. The molecule has 1 aliphatic heterocycles. The Hall–Kier alpha value is -1.77. The van der Waals surface area contributed by atoms with Gasteiger partial charge in [-0.3, -0.25) is 10.1 Å². The van der Waals surface area contributed by atoms with Crippen LogP contribution in [0.4, 0.5) is 26.3 Å². The van der Waals surface area contributed by atoms with Gasteiger partial charge in [-0.25, -0.2) is 13.2 Å². The van der Waals surface area contributed by atoms with Crippen molar-refractivity contribution in [2.75, 3.05) is 6.54 Å². The molecular formula is C13H12F6N2O. The summed E-state index contributed by atoms with van der Waals surface area (Å²) in [5.41, 5.74) is -1.55. The Morgan fingerprint density at radius 3 is 2.59 bits per heavy atom. The average molecular weight is 326 g/mol. The van der Waals surface area contributed by atoms with Gasteiger partial charge in [-0.2, -0.15) is 13.2 Å². The Balaban J connectivity index is 2.05. The van der Waals surface area contributed by atoms with E-state index in [9.17, 15) is 31.1 Å². The van der Waals surface area contributed by atoms with Crippen LogP contribution in [0, 0.1) is 5.82 Å². The molecule has 0 radical (unpaired) electrons. The number of nitrogens with one attached hydrogen (secondary N) is 2. The van der Waals surface area contributed by atoms with Crippen molar-refractivity contribution < 1.29 is 31.1 Å². The molecule has 3 nitrogen and oxygen atoms in total. The molecule has 0 spiro atoms. The minimum atomic E-state index is -4.78. The van der Waals surface area contributed by atoms with Crippen LogP contribution in [0.15, 0.2) is 18.2 Å². The molecule has 1 unspecified atom stereocenters. The average Bonchev–Trinajstić information content (AvgIpc) is 2.76. The summed E-state index contributed by atoms with van der Waals surface area (Å²) in [5, 5.41) is 4.45. The van der Waals surface area contributed by atoms with E-state index in [2.05, 4.69) is 10.6 Å². The van der Waals surface area contributed by atoms with Gasteiger partial charge in [0, 0.05) is 13.0 Å². The minimum absolute atomic E-state index is 0.323. The lowest BCUT2D eigenvalue weighted by atomic mass is 10.1. The summed E-state index contributed by atoms with van der Waals surface area (Å²) in [4.78, 5) is 11.7. The first-order valence-electron chi connectivity index (χ1n) is 6.33. The van der Waals surface area contributed by atoms with E-state index in [0.29, 0.717) is 6.07 Å². The smallest absolute Gasteiger partial charge is 0.351 e. The molecule has 1 saturated heterocycles. The largest absolute Gasteiger partial charge is 0.416 e. The number of alkyl halides is 5. The van der Waals surface area contributed by atoms with E-state index in [4.69, 9.17) is 0 Å². The second-order valence-electron chi connectivity index (χ2n) is 5.01. The summed E-state index contributed by atoms with van der Waals surface area (Å²) < 4.78 is 77.1. The highest BCUT2D eigenvalue weighted by Crippen LogP contribution is 2.32. The second-order valence-corrected chi connectivity index (χ2v) is 5.01. The fourth-order valence-electron chi connectivity index (χ4n) is 2.17. The van der Waals surface area contributed by atoms with Gasteiger partial charge in [0.1, 0.15) is 5.82 Å². The molecule has 22 heavy (non-hydrogen) atoms. The van der Waals surface area contributed by atoms with E-state index in [0.717, 1.165) is 12.1 Å². The molecule has 1 atom stereocenters. The van der Waals surface area contributed by atoms with E-state index in [1.54, 1.807) is 0 Å². The van der Waals surface area contributed by atoms with Crippen molar-refractivity contribution in [3.8, 4) is 0 Å². The molecule has 2 N–H and O–H groups in total. The van der Waals surface area contributed by atoms with Gasteiger partial charge < -0.3 is 5.32 Å². The Morgan fingerprint density at radius 1 is 1.36 bits per heavy atom. The Kier molecular flexibility index (Phi) is 4.37. The van der Waals surface area contributed by atoms with E-state index >= 15 is 0 Å². The van der Waals surface area contributed by atoms with Crippen LogP contribution < -0.4 is 10.6 Å². The van der Waals surface area contributed by atoms with Crippen LogP contribution in [0.25, 0.3) is 0 Å². The number of hydrogen-bond donors (Lipinski definition) is 2. The molecule has 1 fully saturated rings. The highest BCUT2D eigenvalue weighted by Gasteiger charge is 2.42. The minimum Gasteiger partial charge on any atom is -0.351 e. The molecule has 0 saturated carbocycles. The summed E-state index contributed by atoms with van der Waals surface area (Å²) in [7, 11) is 0. The Bertz CT molecular complexity index is 572. The van der Waals surface area contributed by atoms with Gasteiger partial charge in [-0.15, -0.1) is 0 Å². The third-order valence-electron chi connectivity index (χ3n) is 3.26. The molecule has 1 aromatic carbocycles. The van der Waals surface area contributed by atoms with E-state index < -0.39 is 54.9 Å². The number of rotatable bonds is 3.